The lowest BCUT2D eigenvalue weighted by molar-refractivity contribution is -0.672. The van der Waals surface area contributed by atoms with Gasteiger partial charge in [0.05, 0.1) is 29.4 Å². The fourth-order valence-corrected chi connectivity index (χ4v) is 4.79. The summed E-state index contributed by atoms with van der Waals surface area (Å²) >= 11 is 1.09. The van der Waals surface area contributed by atoms with Crippen molar-refractivity contribution in [1.82, 2.24) is 10.3 Å². The molecule has 0 N–H and O–H groups in total. The van der Waals surface area contributed by atoms with Gasteiger partial charge in [0.25, 0.3) is 0 Å². The van der Waals surface area contributed by atoms with E-state index in [0.29, 0.717) is 33.3 Å². The molecule has 0 amide bonds. The second-order valence-electron chi connectivity index (χ2n) is 8.11. The highest BCUT2D eigenvalue weighted by atomic mass is 32.2. The quantitative estimate of drug-likeness (QED) is 0.165. The highest BCUT2D eigenvalue weighted by molar-refractivity contribution is 8.00. The molecule has 5 aromatic rings. The molecule has 186 valence electrons. The molecular weight excluding hydrogens is 500 g/mol. The van der Waals surface area contributed by atoms with Gasteiger partial charge in [-0.15, -0.1) is 0 Å². The van der Waals surface area contributed by atoms with Gasteiger partial charge >= 0.3 is 5.69 Å². The van der Waals surface area contributed by atoms with E-state index >= 15 is 0 Å². The third-order valence-electron chi connectivity index (χ3n) is 5.78. The molecule has 0 saturated heterocycles. The molecule has 9 heteroatoms. The summed E-state index contributed by atoms with van der Waals surface area (Å²) in [6, 6.07) is 30.0. The molecular formula is C29H20N4O4S. The number of benzene rings is 3. The summed E-state index contributed by atoms with van der Waals surface area (Å²) < 4.78 is 11.1. The zero-order chi connectivity index (χ0) is 26.5. The highest BCUT2D eigenvalue weighted by Gasteiger charge is 2.28. The van der Waals surface area contributed by atoms with Crippen LogP contribution in [0.3, 0.4) is 0 Å². The number of rotatable bonds is 8. The molecule has 0 spiro atoms. The van der Waals surface area contributed by atoms with Gasteiger partial charge in [-0.3, -0.25) is 4.79 Å². The maximum absolute atomic E-state index is 13.2. The number of hydrogen-bond donors (Lipinski definition) is 0. The topological polar surface area (TPSA) is 116 Å². The number of carbonyl (C=O) groups excluding carboxylic acids is 1. The Bertz CT molecular complexity index is 1630. The summed E-state index contributed by atoms with van der Waals surface area (Å²) in [6.07, 6.45) is 0. The summed E-state index contributed by atoms with van der Waals surface area (Å²) in [5.74, 6) is -0.885. The maximum Gasteiger partial charge on any atom is 0.307 e. The number of nitriles is 1. The highest BCUT2D eigenvalue weighted by Crippen LogP contribution is 2.34. The number of ketones is 1. The predicted molar refractivity (Wildman–Crippen MR) is 139 cm³/mol. The van der Waals surface area contributed by atoms with Crippen LogP contribution in [0.25, 0.3) is 28.1 Å². The molecule has 2 heterocycles. The molecule has 0 atom stereocenters. The summed E-state index contributed by atoms with van der Waals surface area (Å²) in [6.45, 7) is 0. The summed E-state index contributed by atoms with van der Waals surface area (Å²) in [4.78, 5) is 18.0. The van der Waals surface area contributed by atoms with Gasteiger partial charge in [-0.1, -0.05) is 72.4 Å². The number of thioether (sulfide) groups is 1. The van der Waals surface area contributed by atoms with Crippen molar-refractivity contribution in [3.63, 3.8) is 0 Å². The summed E-state index contributed by atoms with van der Waals surface area (Å²) in [5.41, 5.74) is 3.71. The molecule has 0 aliphatic rings. The molecule has 2 aromatic heterocycles. The largest absolute Gasteiger partial charge is 0.539 e. The average Bonchev–Trinajstić information content (AvgIpc) is 3.37. The Hall–Kier alpha value is -4.94. The first kappa shape index (κ1) is 24.7. The summed E-state index contributed by atoms with van der Waals surface area (Å²) in [7, 11) is 1.54. The lowest BCUT2D eigenvalue weighted by Crippen LogP contribution is -2.39. The zero-order valence-corrected chi connectivity index (χ0v) is 21.0. The molecule has 3 aromatic carbocycles. The third kappa shape index (κ3) is 4.98. The van der Waals surface area contributed by atoms with Gasteiger partial charge in [-0.05, 0) is 28.4 Å². The first-order chi connectivity index (χ1) is 18.6. The minimum absolute atomic E-state index is 0.152. The van der Waals surface area contributed by atoms with Crippen molar-refractivity contribution in [3.05, 3.63) is 102 Å². The van der Waals surface area contributed by atoms with Gasteiger partial charge < -0.3 is 14.4 Å². The number of pyridine rings is 1. The smallest absolute Gasteiger partial charge is 0.307 e. The fraction of sp³-hybridized carbons (Fsp3) is 0.0690. The van der Waals surface area contributed by atoms with E-state index in [0.717, 1.165) is 22.9 Å². The van der Waals surface area contributed by atoms with E-state index in [2.05, 4.69) is 11.3 Å². The zero-order valence-electron chi connectivity index (χ0n) is 20.2. The molecule has 38 heavy (non-hydrogen) atoms. The van der Waals surface area contributed by atoms with Gasteiger partial charge in [-0.25, -0.2) is 4.98 Å². The van der Waals surface area contributed by atoms with Crippen molar-refractivity contribution in [2.24, 2.45) is 0 Å². The lowest BCUT2D eigenvalue weighted by atomic mass is 9.99. The van der Waals surface area contributed by atoms with E-state index in [-0.39, 0.29) is 11.4 Å². The number of carbonyl (C=O) groups is 1. The molecule has 8 nitrogen and oxygen atoms in total. The van der Waals surface area contributed by atoms with Gasteiger partial charge in [0.1, 0.15) is 16.8 Å². The van der Waals surface area contributed by atoms with E-state index in [9.17, 15) is 15.2 Å². The third-order valence-corrected chi connectivity index (χ3v) is 6.76. The van der Waals surface area contributed by atoms with Crippen molar-refractivity contribution in [2.75, 3.05) is 12.9 Å². The Morgan fingerprint density at radius 2 is 1.68 bits per heavy atom. The van der Waals surface area contributed by atoms with Crippen molar-refractivity contribution in [2.45, 2.75) is 5.03 Å². The second kappa shape index (κ2) is 11.0. The van der Waals surface area contributed by atoms with E-state index in [1.807, 2.05) is 66.7 Å². The lowest BCUT2D eigenvalue weighted by Gasteiger charge is -2.12. The van der Waals surface area contributed by atoms with Crippen molar-refractivity contribution in [1.29, 1.82) is 5.26 Å². The van der Waals surface area contributed by atoms with Crippen LogP contribution in [-0.4, -0.2) is 28.9 Å². The van der Waals surface area contributed by atoms with Crippen molar-refractivity contribution >= 4 is 17.5 Å². The number of Topliss-reactive ketones (excluding diaryl/α,β-unsaturated/α-hetero) is 1. The maximum atomic E-state index is 13.2. The van der Waals surface area contributed by atoms with Crippen LogP contribution >= 0.6 is 11.8 Å². The van der Waals surface area contributed by atoms with Crippen LogP contribution in [-0.2, 0) is 0 Å². The van der Waals surface area contributed by atoms with Crippen LogP contribution in [0.2, 0.25) is 0 Å². The van der Waals surface area contributed by atoms with Crippen LogP contribution in [0.5, 0.6) is 11.7 Å². The first-order valence-corrected chi connectivity index (χ1v) is 12.5. The van der Waals surface area contributed by atoms with Crippen LogP contribution in [0, 0.1) is 11.3 Å². The van der Waals surface area contributed by atoms with Crippen LogP contribution < -0.4 is 14.5 Å². The number of nitrogens with zero attached hydrogens (tertiary/aromatic N) is 4. The molecule has 0 aliphatic carbocycles. The van der Waals surface area contributed by atoms with Crippen LogP contribution in [0.1, 0.15) is 16.1 Å². The van der Waals surface area contributed by atoms with E-state index in [1.54, 1.807) is 31.4 Å². The first-order valence-electron chi connectivity index (χ1n) is 11.5. The molecule has 0 aliphatic heterocycles. The number of aromatic nitrogens is 3. The Morgan fingerprint density at radius 1 is 1.03 bits per heavy atom. The van der Waals surface area contributed by atoms with E-state index in [4.69, 9.17) is 14.2 Å². The molecule has 5 rings (SSSR count). The molecule has 0 radical (unpaired) electrons. The molecule has 0 unspecified atom stereocenters. The normalized spacial score (nSPS) is 10.6. The molecule has 0 fully saturated rings. The van der Waals surface area contributed by atoms with Gasteiger partial charge in [-0.2, -0.15) is 5.26 Å². The van der Waals surface area contributed by atoms with E-state index in [1.165, 1.54) is 4.68 Å². The number of methoxy groups -OCH3 is 1. The Balaban J connectivity index is 1.51. The molecule has 0 saturated carbocycles. The standard InChI is InChI=1S/C29H20N4O4S/c1-36-22-14-12-21(13-15-22)33-27(29(35)37-32-33)26(34)18-38-28-24(17-30)23(19-8-4-2-5-9-19)16-25(31-28)20-10-6-3-7-11-20/h2-16H,18H2,1H3. The number of ether oxygens (including phenoxy) is 1. The average molecular weight is 521 g/mol. The SMILES string of the molecule is COc1ccc(-[n+]2noc([O-])c2C(=O)CSc2nc(-c3ccccc3)cc(-c3ccccc3)c2C#N)cc1. The number of hydrogen-bond acceptors (Lipinski definition) is 8. The van der Waals surface area contributed by atoms with Crippen molar-refractivity contribution < 1.29 is 23.8 Å². The second-order valence-corrected chi connectivity index (χ2v) is 9.07. The van der Waals surface area contributed by atoms with Crippen molar-refractivity contribution in [3.8, 4) is 45.8 Å². The van der Waals surface area contributed by atoms with Crippen LogP contribution in [0.15, 0.2) is 101 Å². The van der Waals surface area contributed by atoms with Crippen LogP contribution in [0.4, 0.5) is 0 Å². The minimum Gasteiger partial charge on any atom is -0.539 e. The fourth-order valence-electron chi connectivity index (χ4n) is 3.92. The van der Waals surface area contributed by atoms with Gasteiger partial charge in [0.15, 0.2) is 5.95 Å². The summed E-state index contributed by atoms with van der Waals surface area (Å²) in [5, 5.41) is 26.6. The minimum atomic E-state index is -0.845. The Kier molecular flexibility index (Phi) is 7.15. The van der Waals surface area contributed by atoms with Gasteiger partial charge in [0.2, 0.25) is 11.5 Å². The Labute approximate surface area is 222 Å². The monoisotopic (exact) mass is 520 g/mol. The Morgan fingerprint density at radius 3 is 2.32 bits per heavy atom. The predicted octanol–water partition coefficient (Wildman–Crippen LogP) is 4.61. The molecule has 0 bridgehead atoms. The van der Waals surface area contributed by atoms with Gasteiger partial charge in [0, 0.05) is 23.3 Å². The van der Waals surface area contributed by atoms with E-state index < -0.39 is 11.7 Å².